The Kier molecular flexibility index (Phi) is 6.70. The molecule has 0 N–H and O–H groups in total. The number of halogens is 3. The summed E-state index contributed by atoms with van der Waals surface area (Å²) in [6.07, 6.45) is 0. The molecule has 0 amide bonds. The van der Waals surface area contributed by atoms with E-state index < -0.39 is 5.82 Å². The summed E-state index contributed by atoms with van der Waals surface area (Å²) in [5.74, 6) is -1.01. The molecule has 3 rings (SSSR count). The second-order valence-corrected chi connectivity index (χ2v) is 5.46. The summed E-state index contributed by atoms with van der Waals surface area (Å²) in [5.41, 5.74) is 3.40. The maximum atomic E-state index is 14.4. The average molecular weight is 399 g/mol. The molecule has 0 heterocycles. The van der Waals surface area contributed by atoms with Gasteiger partial charge in [0.1, 0.15) is 5.82 Å². The Balaban J connectivity index is 0.00000192. The SMILES string of the molecule is Cc1ccc(-c2ccc(-c3cc[c-]c(F)c3Cl)cc2F)cc1.[Rb+]. The maximum Gasteiger partial charge on any atom is 1.00 e. The Labute approximate surface area is 188 Å². The van der Waals surface area contributed by atoms with Crippen molar-refractivity contribution in [3.8, 4) is 22.3 Å². The monoisotopic (exact) mass is 398 g/mol. The number of aryl methyl sites for hydroxylation is 1. The quantitative estimate of drug-likeness (QED) is 0.582. The largest absolute Gasteiger partial charge is 1.00 e. The first-order chi connectivity index (χ1) is 10.6. The summed E-state index contributed by atoms with van der Waals surface area (Å²) in [6.45, 7) is 1.98. The third-order valence-corrected chi connectivity index (χ3v) is 3.90. The molecule has 4 heteroatoms. The van der Waals surface area contributed by atoms with Gasteiger partial charge in [-0.1, -0.05) is 42.0 Å². The minimum absolute atomic E-state index is 0. The molecule has 0 aliphatic carbocycles. The first kappa shape index (κ1) is 18.9. The average Bonchev–Trinajstić information content (AvgIpc) is 2.51. The third kappa shape index (κ3) is 4.18. The van der Waals surface area contributed by atoms with Crippen LogP contribution in [0.5, 0.6) is 0 Å². The van der Waals surface area contributed by atoms with Crippen LogP contribution in [-0.4, -0.2) is 0 Å². The van der Waals surface area contributed by atoms with Crippen LogP contribution < -0.4 is 58.2 Å². The van der Waals surface area contributed by atoms with Crippen molar-refractivity contribution in [2.24, 2.45) is 0 Å². The van der Waals surface area contributed by atoms with E-state index in [0.29, 0.717) is 16.7 Å². The standard InChI is InChI=1S/C19H12ClF2.Rb/c1-12-5-7-13(8-6-12)15-10-9-14(11-18(15)22)16-3-2-4-17(21)19(16)20;/h2-3,5-11H,1H3;/q-1;+1. The summed E-state index contributed by atoms with van der Waals surface area (Å²) in [5, 5.41) is -0.0509. The Bertz CT molecular complexity index is 829. The van der Waals surface area contributed by atoms with Crippen molar-refractivity contribution < 1.29 is 67.0 Å². The Hall–Kier alpha value is -0.385. The molecule has 0 aliphatic heterocycles. The van der Waals surface area contributed by atoms with Gasteiger partial charge in [0.25, 0.3) is 0 Å². The summed E-state index contributed by atoms with van der Waals surface area (Å²) in [6, 6.07) is 17.8. The molecule has 0 nitrogen and oxygen atoms in total. The Morgan fingerprint density at radius 1 is 0.870 bits per heavy atom. The Morgan fingerprint density at radius 2 is 1.52 bits per heavy atom. The molecule has 0 aromatic heterocycles. The zero-order valence-electron chi connectivity index (χ0n) is 12.8. The van der Waals surface area contributed by atoms with Gasteiger partial charge >= 0.3 is 58.2 Å². The smallest absolute Gasteiger partial charge is 0.235 e. The van der Waals surface area contributed by atoms with E-state index in [2.05, 4.69) is 6.07 Å². The van der Waals surface area contributed by atoms with Crippen LogP contribution in [0, 0.1) is 24.6 Å². The first-order valence-corrected chi connectivity index (χ1v) is 7.16. The maximum absolute atomic E-state index is 14.4. The van der Waals surface area contributed by atoms with Crippen molar-refractivity contribution in [2.45, 2.75) is 6.92 Å². The van der Waals surface area contributed by atoms with Crippen LogP contribution in [-0.2, 0) is 0 Å². The van der Waals surface area contributed by atoms with E-state index in [4.69, 9.17) is 11.6 Å². The fourth-order valence-electron chi connectivity index (χ4n) is 2.33. The van der Waals surface area contributed by atoms with E-state index in [1.165, 1.54) is 12.1 Å². The summed E-state index contributed by atoms with van der Waals surface area (Å²) in [4.78, 5) is 0. The van der Waals surface area contributed by atoms with Crippen LogP contribution in [0.25, 0.3) is 22.3 Å². The molecule has 0 saturated carbocycles. The number of hydrogen-bond acceptors (Lipinski definition) is 0. The van der Waals surface area contributed by atoms with Crippen molar-refractivity contribution >= 4 is 11.6 Å². The van der Waals surface area contributed by atoms with Crippen molar-refractivity contribution in [1.29, 1.82) is 0 Å². The van der Waals surface area contributed by atoms with Gasteiger partial charge in [0.15, 0.2) is 0 Å². The fourth-order valence-corrected chi connectivity index (χ4v) is 2.55. The topological polar surface area (TPSA) is 0 Å². The van der Waals surface area contributed by atoms with Crippen LogP contribution in [0.15, 0.2) is 54.6 Å². The molecule has 0 unspecified atom stereocenters. The number of benzene rings is 3. The van der Waals surface area contributed by atoms with Crippen molar-refractivity contribution in [3.05, 3.63) is 82.9 Å². The second-order valence-electron chi connectivity index (χ2n) is 5.08. The molecule has 0 atom stereocenters. The molecule has 0 radical (unpaired) electrons. The molecule has 110 valence electrons. The predicted octanol–water partition coefficient (Wildman–Crippen LogP) is 3.06. The van der Waals surface area contributed by atoms with Crippen LogP contribution in [0.4, 0.5) is 8.78 Å². The van der Waals surface area contributed by atoms with Crippen LogP contribution in [0.1, 0.15) is 5.56 Å². The molecule has 3 aromatic carbocycles. The zero-order chi connectivity index (χ0) is 15.7. The predicted molar refractivity (Wildman–Crippen MR) is 85.8 cm³/mol. The molecule has 0 spiro atoms. The molecule has 0 aliphatic rings. The summed E-state index contributed by atoms with van der Waals surface area (Å²) >= 11 is 5.93. The second kappa shape index (κ2) is 8.13. The molecule has 23 heavy (non-hydrogen) atoms. The van der Waals surface area contributed by atoms with Gasteiger partial charge in [0.2, 0.25) is 0 Å². The van der Waals surface area contributed by atoms with Crippen molar-refractivity contribution in [2.75, 3.05) is 0 Å². The summed E-state index contributed by atoms with van der Waals surface area (Å²) < 4.78 is 27.9. The van der Waals surface area contributed by atoms with Gasteiger partial charge in [0, 0.05) is 11.4 Å². The van der Waals surface area contributed by atoms with Gasteiger partial charge in [-0.3, -0.25) is 0 Å². The first-order valence-electron chi connectivity index (χ1n) is 6.79. The molecule has 3 aromatic rings. The third-order valence-electron chi connectivity index (χ3n) is 3.53. The minimum atomic E-state index is -0.637. The van der Waals surface area contributed by atoms with E-state index in [9.17, 15) is 8.78 Å². The Morgan fingerprint density at radius 3 is 2.17 bits per heavy atom. The van der Waals surface area contributed by atoms with Crippen LogP contribution >= 0.6 is 11.6 Å². The van der Waals surface area contributed by atoms with Crippen molar-refractivity contribution in [3.63, 3.8) is 0 Å². The fraction of sp³-hybridized carbons (Fsp3) is 0.0526. The minimum Gasteiger partial charge on any atom is -0.235 e. The van der Waals surface area contributed by atoms with Crippen LogP contribution in [0.3, 0.4) is 0 Å². The van der Waals surface area contributed by atoms with E-state index >= 15 is 0 Å². The molecule has 0 saturated heterocycles. The number of rotatable bonds is 2. The van der Waals surface area contributed by atoms with Crippen molar-refractivity contribution in [1.82, 2.24) is 0 Å². The molecule has 0 bridgehead atoms. The van der Waals surface area contributed by atoms with E-state index in [0.717, 1.165) is 11.1 Å². The zero-order valence-corrected chi connectivity index (χ0v) is 18.5. The van der Waals surface area contributed by atoms with E-state index in [1.54, 1.807) is 18.2 Å². The van der Waals surface area contributed by atoms with E-state index in [1.807, 2.05) is 31.2 Å². The molecular weight excluding hydrogens is 387 g/mol. The normalized spacial score (nSPS) is 10.3. The summed E-state index contributed by atoms with van der Waals surface area (Å²) in [7, 11) is 0. The van der Waals surface area contributed by atoms with Gasteiger partial charge in [0.05, 0.1) is 0 Å². The molecular formula is C19H12ClF2Rb. The van der Waals surface area contributed by atoms with Crippen LogP contribution in [0.2, 0.25) is 5.02 Å². The number of hydrogen-bond donors (Lipinski definition) is 0. The van der Waals surface area contributed by atoms with Gasteiger partial charge in [-0.05, 0) is 29.1 Å². The van der Waals surface area contributed by atoms with Gasteiger partial charge in [-0.15, -0.1) is 11.6 Å². The van der Waals surface area contributed by atoms with E-state index in [-0.39, 0.29) is 69.0 Å². The van der Waals surface area contributed by atoms with Gasteiger partial charge in [-0.2, -0.15) is 23.7 Å². The van der Waals surface area contributed by atoms with Gasteiger partial charge < -0.3 is 0 Å². The molecule has 0 fully saturated rings. The van der Waals surface area contributed by atoms with Gasteiger partial charge in [-0.25, -0.2) is 8.78 Å².